The maximum Gasteiger partial charge on any atom is 0.261 e. The standard InChI is InChI=1S/C16H12BrNO3/c17-11-6-7-13-12(8-11)16(21,15(20)18-13)9-14(19)10-4-2-1-3-5-10/h1-8,21H,9H2,(H,18,20)/t16-/m1/s1. The highest BCUT2D eigenvalue weighted by Gasteiger charge is 2.46. The maximum atomic E-state index is 12.3. The highest BCUT2D eigenvalue weighted by Crippen LogP contribution is 2.40. The molecule has 0 unspecified atom stereocenters. The fraction of sp³-hybridized carbons (Fsp3) is 0.125. The van der Waals surface area contributed by atoms with Crippen LogP contribution in [0.4, 0.5) is 5.69 Å². The van der Waals surface area contributed by atoms with Crippen LogP contribution in [-0.4, -0.2) is 16.8 Å². The molecule has 0 saturated heterocycles. The molecule has 3 rings (SSSR count). The molecular formula is C16H12BrNO3. The number of benzene rings is 2. The van der Waals surface area contributed by atoms with Crippen LogP contribution in [0.25, 0.3) is 0 Å². The van der Waals surface area contributed by atoms with Gasteiger partial charge in [0.25, 0.3) is 5.91 Å². The average molecular weight is 346 g/mol. The van der Waals surface area contributed by atoms with Crippen molar-refractivity contribution in [1.29, 1.82) is 0 Å². The molecule has 0 aromatic heterocycles. The van der Waals surface area contributed by atoms with Crippen molar-refractivity contribution < 1.29 is 14.7 Å². The molecule has 0 saturated carbocycles. The molecule has 2 aromatic rings. The van der Waals surface area contributed by atoms with Crippen molar-refractivity contribution in [2.24, 2.45) is 0 Å². The number of amides is 1. The summed E-state index contributed by atoms with van der Waals surface area (Å²) in [6, 6.07) is 13.8. The number of aliphatic hydroxyl groups is 1. The Labute approximate surface area is 129 Å². The number of anilines is 1. The molecule has 1 atom stereocenters. The summed E-state index contributed by atoms with van der Waals surface area (Å²) in [4.78, 5) is 24.4. The molecule has 2 N–H and O–H groups in total. The quantitative estimate of drug-likeness (QED) is 0.840. The maximum absolute atomic E-state index is 12.3. The molecule has 5 heteroatoms. The predicted molar refractivity (Wildman–Crippen MR) is 82.1 cm³/mol. The number of hydrogen-bond acceptors (Lipinski definition) is 3. The lowest BCUT2D eigenvalue weighted by atomic mass is 9.88. The summed E-state index contributed by atoms with van der Waals surface area (Å²) in [7, 11) is 0. The van der Waals surface area contributed by atoms with E-state index in [4.69, 9.17) is 0 Å². The van der Waals surface area contributed by atoms with Crippen LogP contribution in [0, 0.1) is 0 Å². The number of Topliss-reactive ketones (excluding diaryl/α,β-unsaturated/α-hetero) is 1. The van der Waals surface area contributed by atoms with Crippen LogP contribution in [0.15, 0.2) is 53.0 Å². The molecule has 0 radical (unpaired) electrons. The zero-order valence-electron chi connectivity index (χ0n) is 11.0. The van der Waals surface area contributed by atoms with Crippen LogP contribution in [0.1, 0.15) is 22.3 Å². The number of halogens is 1. The molecule has 4 nitrogen and oxygen atoms in total. The Hall–Kier alpha value is -1.98. The molecule has 2 aromatic carbocycles. The second kappa shape index (κ2) is 5.09. The van der Waals surface area contributed by atoms with E-state index in [0.29, 0.717) is 16.8 Å². The van der Waals surface area contributed by atoms with Crippen molar-refractivity contribution in [3.8, 4) is 0 Å². The van der Waals surface area contributed by atoms with Crippen molar-refractivity contribution in [3.05, 3.63) is 64.1 Å². The largest absolute Gasteiger partial charge is 0.375 e. The van der Waals surface area contributed by atoms with Crippen LogP contribution in [0.2, 0.25) is 0 Å². The zero-order valence-corrected chi connectivity index (χ0v) is 12.6. The summed E-state index contributed by atoms with van der Waals surface area (Å²) in [6.07, 6.45) is -0.285. The zero-order chi connectivity index (χ0) is 15.0. The average Bonchev–Trinajstić information content (AvgIpc) is 2.72. The number of fused-ring (bicyclic) bond motifs is 1. The van der Waals surface area contributed by atoms with Crippen LogP contribution >= 0.6 is 15.9 Å². The van der Waals surface area contributed by atoms with Gasteiger partial charge in [-0.05, 0) is 18.2 Å². The minimum atomic E-state index is -1.83. The fourth-order valence-electron chi connectivity index (χ4n) is 2.45. The molecule has 0 aliphatic carbocycles. The topological polar surface area (TPSA) is 66.4 Å². The summed E-state index contributed by atoms with van der Waals surface area (Å²) in [5.74, 6) is -0.846. The number of rotatable bonds is 3. The van der Waals surface area contributed by atoms with Gasteiger partial charge < -0.3 is 10.4 Å². The Balaban J connectivity index is 1.97. The smallest absolute Gasteiger partial charge is 0.261 e. The third kappa shape index (κ3) is 2.39. The molecule has 106 valence electrons. The number of carbonyl (C=O) groups is 2. The van der Waals surface area contributed by atoms with E-state index < -0.39 is 11.5 Å². The monoisotopic (exact) mass is 345 g/mol. The number of carbonyl (C=O) groups excluding carboxylic acids is 2. The lowest BCUT2D eigenvalue weighted by Gasteiger charge is -2.20. The molecule has 1 aliphatic heterocycles. The highest BCUT2D eigenvalue weighted by molar-refractivity contribution is 9.10. The van der Waals surface area contributed by atoms with Crippen molar-refractivity contribution >= 4 is 33.3 Å². The SMILES string of the molecule is O=C(C[C@]1(O)C(=O)Nc2ccc(Br)cc21)c1ccccc1. The van der Waals surface area contributed by atoms with Gasteiger partial charge in [0.2, 0.25) is 0 Å². The van der Waals surface area contributed by atoms with Crippen molar-refractivity contribution in [3.63, 3.8) is 0 Å². The lowest BCUT2D eigenvalue weighted by molar-refractivity contribution is -0.133. The third-order valence-electron chi connectivity index (χ3n) is 3.56. The van der Waals surface area contributed by atoms with Gasteiger partial charge in [-0.3, -0.25) is 9.59 Å². The predicted octanol–water partition coefficient (Wildman–Crippen LogP) is 2.86. The second-order valence-electron chi connectivity index (χ2n) is 4.97. The summed E-state index contributed by atoms with van der Waals surface area (Å²) in [5, 5.41) is 13.3. The summed E-state index contributed by atoms with van der Waals surface area (Å²) >= 11 is 3.31. The Morgan fingerprint density at radius 2 is 1.90 bits per heavy atom. The van der Waals surface area contributed by atoms with Crippen LogP contribution < -0.4 is 5.32 Å². The van der Waals surface area contributed by atoms with E-state index >= 15 is 0 Å². The van der Waals surface area contributed by atoms with E-state index in [1.165, 1.54) is 0 Å². The van der Waals surface area contributed by atoms with Gasteiger partial charge in [0.15, 0.2) is 11.4 Å². The van der Waals surface area contributed by atoms with Crippen molar-refractivity contribution in [2.75, 3.05) is 5.32 Å². The Morgan fingerprint density at radius 3 is 2.62 bits per heavy atom. The number of nitrogens with one attached hydrogen (secondary N) is 1. The summed E-state index contributed by atoms with van der Waals surface area (Å²) in [6.45, 7) is 0. The van der Waals surface area contributed by atoms with Gasteiger partial charge >= 0.3 is 0 Å². The summed E-state index contributed by atoms with van der Waals surface area (Å²) < 4.78 is 0.739. The normalized spacial score (nSPS) is 20.0. The van der Waals surface area contributed by atoms with Crippen LogP contribution in [0.3, 0.4) is 0 Å². The minimum absolute atomic E-state index is 0.277. The van der Waals surface area contributed by atoms with E-state index in [2.05, 4.69) is 21.2 Å². The fourth-order valence-corrected chi connectivity index (χ4v) is 2.81. The first kappa shape index (κ1) is 14.0. The molecule has 21 heavy (non-hydrogen) atoms. The van der Waals surface area contributed by atoms with Gasteiger partial charge in [0, 0.05) is 21.3 Å². The molecule has 1 amide bonds. The Bertz CT molecular complexity index is 730. The number of hydrogen-bond donors (Lipinski definition) is 2. The molecular weight excluding hydrogens is 334 g/mol. The van der Waals surface area contributed by atoms with E-state index in [-0.39, 0.29) is 12.2 Å². The molecule has 1 aliphatic rings. The van der Waals surface area contributed by atoms with E-state index in [0.717, 1.165) is 4.47 Å². The van der Waals surface area contributed by atoms with E-state index in [1.807, 2.05) is 0 Å². The van der Waals surface area contributed by atoms with Gasteiger partial charge in [0.05, 0.1) is 6.42 Å². The molecule has 1 heterocycles. The van der Waals surface area contributed by atoms with Crippen LogP contribution in [-0.2, 0) is 10.4 Å². The minimum Gasteiger partial charge on any atom is -0.375 e. The Morgan fingerprint density at radius 1 is 1.19 bits per heavy atom. The van der Waals surface area contributed by atoms with Gasteiger partial charge in [-0.15, -0.1) is 0 Å². The van der Waals surface area contributed by atoms with Gasteiger partial charge in [-0.25, -0.2) is 0 Å². The molecule has 0 spiro atoms. The van der Waals surface area contributed by atoms with Gasteiger partial charge in [0.1, 0.15) is 0 Å². The first-order valence-electron chi connectivity index (χ1n) is 6.43. The molecule has 0 fully saturated rings. The second-order valence-corrected chi connectivity index (χ2v) is 5.89. The van der Waals surface area contributed by atoms with Gasteiger partial charge in [-0.2, -0.15) is 0 Å². The lowest BCUT2D eigenvalue weighted by Crippen LogP contribution is -2.36. The van der Waals surface area contributed by atoms with Crippen molar-refractivity contribution in [1.82, 2.24) is 0 Å². The van der Waals surface area contributed by atoms with Gasteiger partial charge in [-0.1, -0.05) is 46.3 Å². The van der Waals surface area contributed by atoms with Crippen LogP contribution in [0.5, 0.6) is 0 Å². The van der Waals surface area contributed by atoms with E-state index in [1.54, 1.807) is 48.5 Å². The first-order valence-corrected chi connectivity index (χ1v) is 7.22. The third-order valence-corrected chi connectivity index (χ3v) is 4.06. The summed E-state index contributed by atoms with van der Waals surface area (Å²) in [5.41, 5.74) is -0.397. The van der Waals surface area contributed by atoms with Crippen molar-refractivity contribution in [2.45, 2.75) is 12.0 Å². The number of ketones is 1. The Kier molecular flexibility index (Phi) is 3.39. The molecule has 0 bridgehead atoms. The van der Waals surface area contributed by atoms with E-state index in [9.17, 15) is 14.7 Å². The highest BCUT2D eigenvalue weighted by atomic mass is 79.9. The first-order chi connectivity index (χ1) is 10.0.